The van der Waals surface area contributed by atoms with Crippen LogP contribution in [-0.4, -0.2) is 11.5 Å². The Kier molecular flexibility index (Phi) is 4.71. The molecule has 2 nitrogen and oxygen atoms in total. The van der Waals surface area contributed by atoms with Crippen LogP contribution in [-0.2, 0) is 6.42 Å². The largest absolute Gasteiger partial charge is 0.310 e. The van der Waals surface area contributed by atoms with Crippen LogP contribution in [0.2, 0.25) is 0 Å². The highest BCUT2D eigenvalue weighted by atomic mass is 79.9. The number of halogens is 1. The first kappa shape index (κ1) is 12.7. The van der Waals surface area contributed by atoms with Crippen molar-refractivity contribution in [1.82, 2.24) is 10.3 Å². The molecule has 0 amide bonds. The molecule has 0 bridgehead atoms. The van der Waals surface area contributed by atoms with E-state index in [2.05, 4.69) is 51.4 Å². The number of nitrogens with zero attached hydrogens (tertiary/aromatic N) is 1. The molecule has 1 aromatic carbocycles. The first-order valence-electron chi connectivity index (χ1n) is 5.63. The predicted molar refractivity (Wildman–Crippen MR) is 76.4 cm³/mol. The summed E-state index contributed by atoms with van der Waals surface area (Å²) in [5.74, 6) is 0. The van der Waals surface area contributed by atoms with Crippen molar-refractivity contribution in [2.75, 3.05) is 6.54 Å². The van der Waals surface area contributed by atoms with Gasteiger partial charge < -0.3 is 5.32 Å². The van der Waals surface area contributed by atoms with Gasteiger partial charge in [-0.15, -0.1) is 11.3 Å². The lowest BCUT2D eigenvalue weighted by molar-refractivity contribution is 0.574. The zero-order chi connectivity index (χ0) is 12.1. The Bertz CT molecular complexity index is 456. The van der Waals surface area contributed by atoms with E-state index in [1.165, 1.54) is 10.6 Å². The van der Waals surface area contributed by atoms with Crippen LogP contribution in [0.15, 0.2) is 40.3 Å². The van der Waals surface area contributed by atoms with Crippen molar-refractivity contribution < 1.29 is 0 Å². The summed E-state index contributed by atoms with van der Waals surface area (Å²) < 4.78 is 1.16. The second kappa shape index (κ2) is 6.28. The van der Waals surface area contributed by atoms with Crippen LogP contribution in [0.3, 0.4) is 0 Å². The molecule has 0 radical (unpaired) electrons. The van der Waals surface area contributed by atoms with Gasteiger partial charge in [-0.25, -0.2) is 4.98 Å². The average molecular weight is 311 g/mol. The Morgan fingerprint density at radius 3 is 2.94 bits per heavy atom. The summed E-state index contributed by atoms with van der Waals surface area (Å²) in [6, 6.07) is 8.68. The number of hydrogen-bond donors (Lipinski definition) is 1. The van der Waals surface area contributed by atoms with Gasteiger partial charge in [0.15, 0.2) is 0 Å². The van der Waals surface area contributed by atoms with Gasteiger partial charge in [-0.05, 0) is 18.6 Å². The van der Waals surface area contributed by atoms with E-state index < -0.39 is 0 Å². The Hall–Kier alpha value is -0.710. The lowest BCUT2D eigenvalue weighted by atomic mass is 10.1. The van der Waals surface area contributed by atoms with Gasteiger partial charge in [0.25, 0.3) is 0 Å². The molecule has 1 heterocycles. The molecular formula is C13H15BrN2S. The molecule has 2 aromatic rings. The van der Waals surface area contributed by atoms with Crippen molar-refractivity contribution in [2.24, 2.45) is 0 Å². The molecule has 0 saturated carbocycles. The third-order valence-corrected chi connectivity index (χ3v) is 4.21. The number of hydrogen-bond acceptors (Lipinski definition) is 3. The van der Waals surface area contributed by atoms with E-state index in [1.807, 2.05) is 17.6 Å². The quantitative estimate of drug-likeness (QED) is 0.908. The lowest BCUT2D eigenvalue weighted by Gasteiger charge is -2.15. The monoisotopic (exact) mass is 310 g/mol. The minimum atomic E-state index is 0.352. The van der Waals surface area contributed by atoms with E-state index in [4.69, 9.17) is 0 Å². The van der Waals surface area contributed by atoms with Gasteiger partial charge in [0.1, 0.15) is 0 Å². The van der Waals surface area contributed by atoms with Crippen LogP contribution in [0.25, 0.3) is 0 Å². The summed E-state index contributed by atoms with van der Waals surface area (Å²) in [5, 5.41) is 6.73. The Balaban J connectivity index is 1.85. The molecule has 1 unspecified atom stereocenters. The van der Waals surface area contributed by atoms with Crippen LogP contribution in [0.4, 0.5) is 0 Å². The summed E-state index contributed by atoms with van der Waals surface area (Å²) in [6.07, 6.45) is 2.85. The van der Waals surface area contributed by atoms with Gasteiger partial charge in [-0.3, -0.25) is 0 Å². The zero-order valence-corrected chi connectivity index (χ0v) is 12.1. The molecule has 0 fully saturated rings. The SMILES string of the molecule is CC(NCCc1nccs1)c1ccccc1Br. The second-order valence-corrected chi connectivity index (χ2v) is 5.71. The van der Waals surface area contributed by atoms with Gasteiger partial charge in [-0.1, -0.05) is 34.1 Å². The van der Waals surface area contributed by atoms with Gasteiger partial charge in [0.05, 0.1) is 5.01 Å². The Morgan fingerprint density at radius 1 is 1.41 bits per heavy atom. The van der Waals surface area contributed by atoms with Crippen LogP contribution >= 0.6 is 27.3 Å². The predicted octanol–water partition coefficient (Wildman–Crippen LogP) is 3.80. The summed E-state index contributed by atoms with van der Waals surface area (Å²) in [7, 11) is 0. The first-order valence-corrected chi connectivity index (χ1v) is 7.31. The second-order valence-electron chi connectivity index (χ2n) is 3.87. The molecule has 0 aliphatic carbocycles. The van der Waals surface area contributed by atoms with Crippen molar-refractivity contribution in [3.63, 3.8) is 0 Å². The normalized spacial score (nSPS) is 12.6. The molecule has 1 aromatic heterocycles. The molecule has 4 heteroatoms. The van der Waals surface area contributed by atoms with E-state index >= 15 is 0 Å². The number of aromatic nitrogens is 1. The Labute approximate surface area is 114 Å². The highest BCUT2D eigenvalue weighted by Gasteiger charge is 2.07. The molecule has 0 saturated heterocycles. The zero-order valence-electron chi connectivity index (χ0n) is 9.69. The van der Waals surface area contributed by atoms with Gasteiger partial charge in [0.2, 0.25) is 0 Å². The van der Waals surface area contributed by atoms with E-state index in [9.17, 15) is 0 Å². The smallest absolute Gasteiger partial charge is 0.0937 e. The molecule has 0 aliphatic heterocycles. The molecule has 0 spiro atoms. The van der Waals surface area contributed by atoms with Crippen molar-refractivity contribution in [2.45, 2.75) is 19.4 Å². The highest BCUT2D eigenvalue weighted by molar-refractivity contribution is 9.10. The van der Waals surface area contributed by atoms with Crippen molar-refractivity contribution >= 4 is 27.3 Å². The maximum atomic E-state index is 4.27. The molecule has 2 rings (SSSR count). The van der Waals surface area contributed by atoms with Crippen molar-refractivity contribution in [3.05, 3.63) is 50.9 Å². The fourth-order valence-electron chi connectivity index (χ4n) is 1.71. The van der Waals surface area contributed by atoms with Gasteiger partial charge in [-0.2, -0.15) is 0 Å². The van der Waals surface area contributed by atoms with Gasteiger partial charge in [0, 0.05) is 35.1 Å². The average Bonchev–Trinajstić information content (AvgIpc) is 2.82. The van der Waals surface area contributed by atoms with Crippen molar-refractivity contribution in [3.8, 4) is 0 Å². The molecule has 90 valence electrons. The number of nitrogens with one attached hydrogen (secondary N) is 1. The topological polar surface area (TPSA) is 24.9 Å². The highest BCUT2D eigenvalue weighted by Crippen LogP contribution is 2.22. The summed E-state index contributed by atoms with van der Waals surface area (Å²) in [4.78, 5) is 4.27. The third kappa shape index (κ3) is 3.63. The minimum absolute atomic E-state index is 0.352. The van der Waals surface area contributed by atoms with Crippen LogP contribution in [0.5, 0.6) is 0 Å². The van der Waals surface area contributed by atoms with E-state index in [0.717, 1.165) is 17.4 Å². The minimum Gasteiger partial charge on any atom is -0.310 e. The lowest BCUT2D eigenvalue weighted by Crippen LogP contribution is -2.21. The molecule has 17 heavy (non-hydrogen) atoms. The standard InChI is InChI=1S/C13H15BrN2S/c1-10(11-4-2-3-5-12(11)14)15-7-6-13-16-8-9-17-13/h2-5,8-10,15H,6-7H2,1H3. The summed E-state index contributed by atoms with van der Waals surface area (Å²) in [6.45, 7) is 3.14. The van der Waals surface area contributed by atoms with Crippen LogP contribution in [0.1, 0.15) is 23.5 Å². The van der Waals surface area contributed by atoms with E-state index in [-0.39, 0.29) is 0 Å². The third-order valence-electron chi connectivity index (χ3n) is 2.64. The summed E-state index contributed by atoms with van der Waals surface area (Å²) >= 11 is 5.29. The van der Waals surface area contributed by atoms with E-state index in [1.54, 1.807) is 11.3 Å². The van der Waals surface area contributed by atoms with Crippen molar-refractivity contribution in [1.29, 1.82) is 0 Å². The number of benzene rings is 1. The fourth-order valence-corrected chi connectivity index (χ4v) is 2.96. The summed E-state index contributed by atoms with van der Waals surface area (Å²) in [5.41, 5.74) is 1.30. The van der Waals surface area contributed by atoms with Crippen LogP contribution in [0, 0.1) is 0 Å². The van der Waals surface area contributed by atoms with E-state index in [0.29, 0.717) is 6.04 Å². The number of rotatable bonds is 5. The van der Waals surface area contributed by atoms with Crippen LogP contribution < -0.4 is 5.32 Å². The number of thiazole rings is 1. The van der Waals surface area contributed by atoms with Gasteiger partial charge >= 0.3 is 0 Å². The fraction of sp³-hybridized carbons (Fsp3) is 0.308. The molecule has 0 aliphatic rings. The molecule has 1 atom stereocenters. The first-order chi connectivity index (χ1) is 8.27. The maximum Gasteiger partial charge on any atom is 0.0937 e. The molecule has 1 N–H and O–H groups in total. The maximum absolute atomic E-state index is 4.27. The Morgan fingerprint density at radius 2 is 2.24 bits per heavy atom. The molecular weight excluding hydrogens is 296 g/mol.